The summed E-state index contributed by atoms with van der Waals surface area (Å²) < 4.78 is 0. The molecule has 184 valence electrons. The van der Waals surface area contributed by atoms with Crippen LogP contribution in [0.1, 0.15) is 62.3 Å². The van der Waals surface area contributed by atoms with Crippen LogP contribution in [0, 0.1) is 0 Å². The van der Waals surface area contributed by atoms with Gasteiger partial charge in [-0.15, -0.1) is 0 Å². The van der Waals surface area contributed by atoms with E-state index in [-0.39, 0.29) is 16.9 Å². The van der Waals surface area contributed by atoms with Crippen LogP contribution >= 0.6 is 0 Å². The molecule has 0 unspecified atom stereocenters. The lowest BCUT2D eigenvalue weighted by Gasteiger charge is -2.37. The average molecular weight is 479 g/mol. The Labute approximate surface area is 214 Å². The maximum Gasteiger partial charge on any atom is 0.247 e. The summed E-state index contributed by atoms with van der Waals surface area (Å²) >= 11 is 0. The zero-order valence-corrected chi connectivity index (χ0v) is 21.4. The molecular formula is C32H34N2O2. The van der Waals surface area contributed by atoms with Gasteiger partial charge in [0.1, 0.15) is 5.60 Å². The summed E-state index contributed by atoms with van der Waals surface area (Å²) in [4.78, 5) is 21.4. The molecule has 0 N–H and O–H groups in total. The minimum absolute atomic E-state index is 0.0470. The Kier molecular flexibility index (Phi) is 6.53. The number of carbonyl (C=O) groups is 1. The van der Waals surface area contributed by atoms with Gasteiger partial charge in [-0.2, -0.15) is 0 Å². The summed E-state index contributed by atoms with van der Waals surface area (Å²) in [6.45, 7) is 7.97. The molecule has 0 radical (unpaired) electrons. The van der Waals surface area contributed by atoms with Crippen LogP contribution in [0.2, 0.25) is 0 Å². The molecule has 1 amide bonds. The first kappa shape index (κ1) is 24.1. The smallest absolute Gasteiger partial charge is 0.247 e. The van der Waals surface area contributed by atoms with Crippen molar-refractivity contribution in [2.75, 3.05) is 13.1 Å². The lowest BCUT2D eigenvalue weighted by molar-refractivity contribution is -0.131. The number of hydrogen-bond donors (Lipinski definition) is 0. The number of nitrogens with zero attached hydrogens (tertiary/aromatic N) is 2. The van der Waals surface area contributed by atoms with E-state index in [0.717, 1.165) is 47.2 Å². The summed E-state index contributed by atoms with van der Waals surface area (Å²) in [5.74, 6) is 0.0470. The number of rotatable bonds is 4. The first-order chi connectivity index (χ1) is 17.3. The van der Waals surface area contributed by atoms with Crippen molar-refractivity contribution in [3.8, 4) is 0 Å². The monoisotopic (exact) mass is 478 g/mol. The van der Waals surface area contributed by atoms with Crippen LogP contribution in [0.15, 0.2) is 96.2 Å². The molecule has 0 aromatic heterocycles. The third-order valence-corrected chi connectivity index (χ3v) is 7.35. The largest absolute Gasteiger partial charge is 0.388 e. The first-order valence-corrected chi connectivity index (χ1v) is 12.8. The van der Waals surface area contributed by atoms with E-state index >= 15 is 0 Å². The first-order valence-electron chi connectivity index (χ1n) is 12.8. The molecule has 5 rings (SSSR count). The van der Waals surface area contributed by atoms with Gasteiger partial charge in [0.05, 0.1) is 5.71 Å². The van der Waals surface area contributed by atoms with Crippen molar-refractivity contribution >= 4 is 17.2 Å². The van der Waals surface area contributed by atoms with Crippen LogP contribution in [-0.4, -0.2) is 35.2 Å². The van der Waals surface area contributed by atoms with Crippen molar-refractivity contribution in [2.24, 2.45) is 5.16 Å². The minimum Gasteiger partial charge on any atom is -0.388 e. The van der Waals surface area contributed by atoms with Crippen LogP contribution in [-0.2, 0) is 15.0 Å². The third kappa shape index (κ3) is 5.13. The van der Waals surface area contributed by atoms with Gasteiger partial charge in [-0.05, 0) is 33.2 Å². The molecule has 36 heavy (non-hydrogen) atoms. The predicted molar refractivity (Wildman–Crippen MR) is 146 cm³/mol. The molecule has 2 aliphatic heterocycles. The number of oxime groups is 1. The minimum atomic E-state index is -0.295. The van der Waals surface area contributed by atoms with Gasteiger partial charge in [0.25, 0.3) is 0 Å². The fourth-order valence-electron chi connectivity index (χ4n) is 5.03. The second kappa shape index (κ2) is 9.77. The Bertz CT molecular complexity index is 1260. The Morgan fingerprint density at radius 2 is 1.44 bits per heavy atom. The fraction of sp³-hybridized carbons (Fsp3) is 0.312. The highest BCUT2D eigenvalue weighted by Crippen LogP contribution is 2.36. The van der Waals surface area contributed by atoms with Gasteiger partial charge >= 0.3 is 0 Å². The van der Waals surface area contributed by atoms with Crippen molar-refractivity contribution in [1.29, 1.82) is 0 Å². The van der Waals surface area contributed by atoms with E-state index in [1.807, 2.05) is 41.3 Å². The summed E-state index contributed by atoms with van der Waals surface area (Å²) in [7, 11) is 0. The van der Waals surface area contributed by atoms with Gasteiger partial charge in [-0.25, -0.2) is 0 Å². The van der Waals surface area contributed by atoms with Gasteiger partial charge in [0.15, 0.2) is 0 Å². The van der Waals surface area contributed by atoms with E-state index in [4.69, 9.17) is 4.84 Å². The summed E-state index contributed by atoms with van der Waals surface area (Å²) in [6, 6.07) is 29.0. The zero-order chi connectivity index (χ0) is 25.2. The highest BCUT2D eigenvalue weighted by atomic mass is 16.7. The highest BCUT2D eigenvalue weighted by molar-refractivity contribution is 6.02. The van der Waals surface area contributed by atoms with Gasteiger partial charge in [-0.1, -0.05) is 111 Å². The van der Waals surface area contributed by atoms with Crippen molar-refractivity contribution < 1.29 is 9.63 Å². The number of likely N-dealkylation sites (tertiary alicyclic amines) is 1. The number of carbonyl (C=O) groups excluding carboxylic acids is 1. The van der Waals surface area contributed by atoms with Crippen molar-refractivity contribution in [3.05, 3.63) is 113 Å². The quantitative estimate of drug-likeness (QED) is 0.396. The van der Waals surface area contributed by atoms with Crippen molar-refractivity contribution in [3.63, 3.8) is 0 Å². The molecule has 0 aliphatic carbocycles. The topological polar surface area (TPSA) is 41.9 Å². The van der Waals surface area contributed by atoms with Crippen LogP contribution < -0.4 is 0 Å². The van der Waals surface area contributed by atoms with E-state index in [1.54, 1.807) is 6.08 Å². The lowest BCUT2D eigenvalue weighted by atomic mass is 9.85. The van der Waals surface area contributed by atoms with E-state index in [1.165, 1.54) is 5.56 Å². The summed E-state index contributed by atoms with van der Waals surface area (Å²) in [5, 5.41) is 4.41. The zero-order valence-electron chi connectivity index (χ0n) is 21.4. The average Bonchev–Trinajstić information content (AvgIpc) is 3.31. The lowest BCUT2D eigenvalue weighted by Crippen LogP contribution is -2.46. The number of hydrogen-bond acceptors (Lipinski definition) is 3. The normalized spacial score (nSPS) is 17.6. The maximum absolute atomic E-state index is 13.5. The molecule has 1 spiro atoms. The van der Waals surface area contributed by atoms with Crippen LogP contribution in [0.25, 0.3) is 5.57 Å². The van der Waals surface area contributed by atoms with Gasteiger partial charge in [0, 0.05) is 38.4 Å². The number of benzene rings is 3. The molecular weight excluding hydrogens is 444 g/mol. The van der Waals surface area contributed by atoms with Crippen LogP contribution in [0.4, 0.5) is 0 Å². The van der Waals surface area contributed by atoms with Crippen LogP contribution in [0.5, 0.6) is 0 Å². The Morgan fingerprint density at radius 1 is 0.861 bits per heavy atom. The standard InChI is InChI=1S/C32H34N2O2/c1-31(2,3)27-16-14-25(15-17-27)28(24-10-6-4-7-11-24)22-30(35)34-20-18-32(19-21-34)23-29(33-36-32)26-12-8-5-9-13-26/h4-17,22H,18-21,23H2,1-3H3/b28-22+. The fourth-order valence-corrected chi connectivity index (χ4v) is 5.03. The predicted octanol–water partition coefficient (Wildman–Crippen LogP) is 6.60. The molecule has 4 nitrogen and oxygen atoms in total. The Morgan fingerprint density at radius 3 is 2.06 bits per heavy atom. The molecule has 3 aromatic rings. The molecule has 1 saturated heterocycles. The molecule has 4 heteroatoms. The molecule has 3 aromatic carbocycles. The van der Waals surface area contributed by atoms with Crippen molar-refractivity contribution in [2.45, 2.75) is 51.0 Å². The van der Waals surface area contributed by atoms with Crippen molar-refractivity contribution in [1.82, 2.24) is 4.90 Å². The molecule has 0 bridgehead atoms. The molecule has 0 atom stereocenters. The summed E-state index contributed by atoms with van der Waals surface area (Å²) in [5.41, 5.74) is 6.23. The van der Waals surface area contributed by atoms with E-state index in [0.29, 0.717) is 13.1 Å². The van der Waals surface area contributed by atoms with E-state index in [2.05, 4.69) is 74.5 Å². The Balaban J connectivity index is 1.31. The number of piperidine rings is 1. The second-order valence-electron chi connectivity index (χ2n) is 10.9. The second-order valence-corrected chi connectivity index (χ2v) is 10.9. The number of amides is 1. The SMILES string of the molecule is CC(C)(C)c1ccc(/C(=C/C(=O)N2CCC3(CC2)CC(c2ccccc2)=NO3)c2ccccc2)cc1. The van der Waals surface area contributed by atoms with E-state index in [9.17, 15) is 4.79 Å². The molecule has 2 heterocycles. The van der Waals surface area contributed by atoms with E-state index < -0.39 is 0 Å². The third-order valence-electron chi connectivity index (χ3n) is 7.35. The maximum atomic E-state index is 13.5. The highest BCUT2D eigenvalue weighted by Gasteiger charge is 2.43. The molecule has 1 fully saturated rings. The summed E-state index contributed by atoms with van der Waals surface area (Å²) in [6.07, 6.45) is 4.17. The molecule has 0 saturated carbocycles. The van der Waals surface area contributed by atoms with Gasteiger partial charge in [0.2, 0.25) is 5.91 Å². The molecule has 2 aliphatic rings. The Hall–Kier alpha value is -3.66. The van der Waals surface area contributed by atoms with Crippen LogP contribution in [0.3, 0.4) is 0 Å². The van der Waals surface area contributed by atoms with Gasteiger partial charge < -0.3 is 9.74 Å². The van der Waals surface area contributed by atoms with Gasteiger partial charge in [-0.3, -0.25) is 4.79 Å².